The lowest BCUT2D eigenvalue weighted by molar-refractivity contribution is 0.310. The quantitative estimate of drug-likeness (QED) is 0.332. The Labute approximate surface area is 205 Å². The first kappa shape index (κ1) is 24.0. The molecular formula is C24H24BrN3O5S. The topological polar surface area (TPSA) is 92.4 Å². The van der Waals surface area contributed by atoms with Crippen LogP contribution in [0.15, 0.2) is 70.1 Å². The van der Waals surface area contributed by atoms with Gasteiger partial charge in [0.05, 0.1) is 36.7 Å². The van der Waals surface area contributed by atoms with Crippen LogP contribution in [0.1, 0.15) is 18.5 Å². The summed E-state index contributed by atoms with van der Waals surface area (Å²) in [5.74, 6) is 0.692. The molecule has 0 amide bonds. The van der Waals surface area contributed by atoms with Gasteiger partial charge in [0.25, 0.3) is 0 Å². The minimum atomic E-state index is -3.49. The van der Waals surface area contributed by atoms with E-state index in [9.17, 15) is 13.2 Å². The molecule has 0 spiro atoms. The molecule has 2 aromatic heterocycles. The maximum atomic E-state index is 13.9. The summed E-state index contributed by atoms with van der Waals surface area (Å²) in [7, 11) is -1.95. The molecular weight excluding hydrogens is 522 g/mol. The Kier molecular flexibility index (Phi) is 6.81. The van der Waals surface area contributed by atoms with Gasteiger partial charge >= 0.3 is 5.69 Å². The van der Waals surface area contributed by atoms with Crippen LogP contribution in [0, 0.1) is 0 Å². The van der Waals surface area contributed by atoms with E-state index >= 15 is 0 Å². The van der Waals surface area contributed by atoms with Crippen LogP contribution in [0.5, 0.6) is 11.5 Å². The van der Waals surface area contributed by atoms with Gasteiger partial charge in [-0.25, -0.2) is 18.2 Å². The van der Waals surface area contributed by atoms with E-state index in [0.29, 0.717) is 45.0 Å². The molecule has 0 unspecified atom stereocenters. The number of pyridine rings is 1. The Morgan fingerprint density at radius 2 is 1.82 bits per heavy atom. The Balaban J connectivity index is 2.03. The first-order chi connectivity index (χ1) is 16.2. The van der Waals surface area contributed by atoms with Crippen molar-refractivity contribution in [3.8, 4) is 17.2 Å². The standard InChI is InChI=1S/C24H24BrN3O5S/c1-4-33-22-12-16(10-11-21(22)32-2)20(15-34(3,30)31)28-23-19(13-17(25)14-26-23)27(24(28)29)18-8-6-5-7-9-18/h5-14,20H,4,15H2,1-3H3/t20-/m0/s1. The summed E-state index contributed by atoms with van der Waals surface area (Å²) < 4.78 is 39.7. The van der Waals surface area contributed by atoms with Crippen molar-refractivity contribution < 1.29 is 17.9 Å². The number of fused-ring (bicyclic) bond motifs is 1. The zero-order chi connectivity index (χ0) is 24.5. The van der Waals surface area contributed by atoms with Gasteiger partial charge in [-0.05, 0) is 58.7 Å². The predicted molar refractivity (Wildman–Crippen MR) is 135 cm³/mol. The van der Waals surface area contributed by atoms with Crippen molar-refractivity contribution in [1.29, 1.82) is 0 Å². The third-order valence-electron chi connectivity index (χ3n) is 5.34. The second kappa shape index (κ2) is 9.63. The lowest BCUT2D eigenvalue weighted by atomic mass is 10.1. The number of methoxy groups -OCH3 is 1. The van der Waals surface area contributed by atoms with Crippen LogP contribution < -0.4 is 15.2 Å². The zero-order valence-corrected chi connectivity index (χ0v) is 21.3. The molecule has 8 nitrogen and oxygen atoms in total. The maximum Gasteiger partial charge on any atom is 0.335 e. The molecule has 0 aliphatic carbocycles. The molecule has 2 aromatic carbocycles. The van der Waals surface area contributed by atoms with Crippen molar-refractivity contribution in [2.24, 2.45) is 0 Å². The average Bonchev–Trinajstić information content (AvgIpc) is 3.08. The van der Waals surface area contributed by atoms with E-state index < -0.39 is 21.6 Å². The first-order valence-electron chi connectivity index (χ1n) is 10.6. The van der Waals surface area contributed by atoms with Crippen LogP contribution in [0.25, 0.3) is 16.9 Å². The van der Waals surface area contributed by atoms with Gasteiger partial charge in [-0.2, -0.15) is 0 Å². The molecule has 4 aromatic rings. The third-order valence-corrected chi connectivity index (χ3v) is 6.69. The van der Waals surface area contributed by atoms with Gasteiger partial charge in [-0.15, -0.1) is 0 Å². The molecule has 0 radical (unpaired) electrons. The molecule has 4 rings (SSSR count). The second-order valence-electron chi connectivity index (χ2n) is 7.77. The van der Waals surface area contributed by atoms with E-state index in [1.54, 1.807) is 30.5 Å². The van der Waals surface area contributed by atoms with E-state index in [0.717, 1.165) is 6.26 Å². The highest BCUT2D eigenvalue weighted by atomic mass is 79.9. The minimum absolute atomic E-state index is 0.295. The van der Waals surface area contributed by atoms with Crippen LogP contribution in [0.2, 0.25) is 0 Å². The van der Waals surface area contributed by atoms with Crippen molar-refractivity contribution in [2.45, 2.75) is 13.0 Å². The van der Waals surface area contributed by atoms with Gasteiger partial charge in [0.1, 0.15) is 9.84 Å². The number of imidazole rings is 1. The molecule has 0 bridgehead atoms. The van der Waals surface area contributed by atoms with Crippen molar-refractivity contribution in [2.75, 3.05) is 25.7 Å². The normalized spacial score (nSPS) is 12.6. The fourth-order valence-corrected chi connectivity index (χ4v) is 5.19. The third kappa shape index (κ3) is 4.74. The summed E-state index contributed by atoms with van der Waals surface area (Å²) in [4.78, 5) is 18.4. The monoisotopic (exact) mass is 545 g/mol. The summed E-state index contributed by atoms with van der Waals surface area (Å²) in [5.41, 5.74) is 1.78. The maximum absolute atomic E-state index is 13.9. The summed E-state index contributed by atoms with van der Waals surface area (Å²) in [6.45, 7) is 2.25. The fourth-order valence-electron chi connectivity index (χ4n) is 3.96. The number of para-hydroxylation sites is 1. The molecule has 34 heavy (non-hydrogen) atoms. The number of benzene rings is 2. The van der Waals surface area contributed by atoms with Crippen LogP contribution in [0.3, 0.4) is 0 Å². The summed E-state index contributed by atoms with van der Waals surface area (Å²) in [6.07, 6.45) is 2.74. The zero-order valence-electron chi connectivity index (χ0n) is 18.9. The van der Waals surface area contributed by atoms with Crippen molar-refractivity contribution in [3.05, 3.63) is 81.3 Å². The highest BCUT2D eigenvalue weighted by molar-refractivity contribution is 9.10. The lowest BCUT2D eigenvalue weighted by Gasteiger charge is -2.20. The van der Waals surface area contributed by atoms with Crippen molar-refractivity contribution >= 4 is 36.9 Å². The summed E-state index contributed by atoms with van der Waals surface area (Å²) in [5, 5.41) is 0. The molecule has 0 saturated carbocycles. The second-order valence-corrected chi connectivity index (χ2v) is 10.9. The number of sulfone groups is 1. The molecule has 1 atom stereocenters. The van der Waals surface area contributed by atoms with Gasteiger partial charge in [0.15, 0.2) is 17.1 Å². The van der Waals surface area contributed by atoms with Crippen molar-refractivity contribution in [1.82, 2.24) is 14.1 Å². The van der Waals surface area contributed by atoms with Crippen LogP contribution in [0.4, 0.5) is 0 Å². The van der Waals surface area contributed by atoms with E-state index in [-0.39, 0.29) is 5.75 Å². The Morgan fingerprint density at radius 1 is 1.09 bits per heavy atom. The Bertz CT molecular complexity index is 1500. The Hall–Kier alpha value is -3.11. The molecule has 10 heteroatoms. The molecule has 0 N–H and O–H groups in total. The van der Waals surface area contributed by atoms with Crippen LogP contribution in [-0.2, 0) is 9.84 Å². The summed E-state index contributed by atoms with van der Waals surface area (Å²) >= 11 is 3.43. The van der Waals surface area contributed by atoms with E-state index in [2.05, 4.69) is 20.9 Å². The average molecular weight is 546 g/mol. The van der Waals surface area contributed by atoms with Crippen LogP contribution >= 0.6 is 15.9 Å². The lowest BCUT2D eigenvalue weighted by Crippen LogP contribution is -2.31. The predicted octanol–water partition coefficient (Wildman–Crippen LogP) is 3.99. The number of aromatic nitrogens is 3. The molecule has 2 heterocycles. The van der Waals surface area contributed by atoms with Gasteiger partial charge in [-0.1, -0.05) is 24.3 Å². The van der Waals surface area contributed by atoms with Gasteiger partial charge < -0.3 is 9.47 Å². The van der Waals surface area contributed by atoms with E-state index in [4.69, 9.17) is 9.47 Å². The van der Waals surface area contributed by atoms with Gasteiger partial charge in [0, 0.05) is 16.9 Å². The number of hydrogen-bond donors (Lipinski definition) is 0. The van der Waals surface area contributed by atoms with Gasteiger partial charge in [-0.3, -0.25) is 9.13 Å². The van der Waals surface area contributed by atoms with E-state index in [1.165, 1.54) is 16.2 Å². The number of nitrogens with zero attached hydrogens (tertiary/aromatic N) is 3. The van der Waals surface area contributed by atoms with Crippen molar-refractivity contribution in [3.63, 3.8) is 0 Å². The molecule has 0 aliphatic heterocycles. The van der Waals surface area contributed by atoms with Crippen LogP contribution in [-0.4, -0.2) is 48.3 Å². The highest BCUT2D eigenvalue weighted by Gasteiger charge is 2.28. The molecule has 0 fully saturated rings. The minimum Gasteiger partial charge on any atom is -0.493 e. The van der Waals surface area contributed by atoms with E-state index in [1.807, 2.05) is 37.3 Å². The number of halogens is 1. The largest absolute Gasteiger partial charge is 0.493 e. The number of rotatable bonds is 8. The summed E-state index contributed by atoms with van der Waals surface area (Å²) in [6, 6.07) is 15.3. The molecule has 0 saturated heterocycles. The molecule has 178 valence electrons. The number of hydrogen-bond acceptors (Lipinski definition) is 6. The smallest absolute Gasteiger partial charge is 0.335 e. The molecule has 0 aliphatic rings. The number of ether oxygens (including phenoxy) is 2. The fraction of sp³-hybridized carbons (Fsp3) is 0.250. The SMILES string of the molecule is CCOc1cc([C@H](CS(C)(=O)=O)n2c(=O)n(-c3ccccc3)c3cc(Br)cnc32)ccc1OC. The first-order valence-corrected chi connectivity index (χ1v) is 13.4. The highest BCUT2D eigenvalue weighted by Crippen LogP contribution is 2.33. The van der Waals surface area contributed by atoms with Gasteiger partial charge in [0.2, 0.25) is 0 Å². The Morgan fingerprint density at radius 3 is 2.47 bits per heavy atom.